The number of thiophene rings is 1. The van der Waals surface area contributed by atoms with Crippen molar-refractivity contribution in [2.24, 2.45) is 23.2 Å². The highest BCUT2D eigenvalue weighted by Gasteiger charge is 2.54. The van der Waals surface area contributed by atoms with Crippen molar-refractivity contribution in [1.82, 2.24) is 5.32 Å². The molecule has 0 atom stereocenters. The summed E-state index contributed by atoms with van der Waals surface area (Å²) in [6, 6.07) is 4.29. The monoisotopic (exact) mass is 335 g/mol. The van der Waals surface area contributed by atoms with E-state index < -0.39 is 0 Å². The molecule has 2 nitrogen and oxygen atoms in total. The van der Waals surface area contributed by atoms with Crippen molar-refractivity contribution in [3.63, 3.8) is 0 Å². The first-order chi connectivity index (χ1) is 10.7. The molecule has 1 N–H and O–H groups in total. The third-order valence-electron chi connectivity index (χ3n) is 5.88. The zero-order valence-corrected chi connectivity index (χ0v) is 14.7. The fraction of sp³-hybridized carbons (Fsp3) is 0.722. The molecule has 4 fully saturated rings. The van der Waals surface area contributed by atoms with E-state index in [2.05, 4.69) is 22.8 Å². The lowest BCUT2D eigenvalue weighted by Gasteiger charge is -2.55. The Hall–Kier alpha value is -0.480. The Morgan fingerprint density at radius 3 is 2.50 bits per heavy atom. The van der Waals surface area contributed by atoms with Crippen molar-refractivity contribution < 1.29 is 4.79 Å². The van der Waals surface area contributed by atoms with E-state index in [0.29, 0.717) is 5.91 Å². The van der Waals surface area contributed by atoms with E-state index in [1.54, 1.807) is 0 Å². The zero-order valence-electron chi connectivity index (χ0n) is 13.1. The van der Waals surface area contributed by atoms with E-state index in [1.807, 2.05) is 23.1 Å². The number of hydrogen-bond donors (Lipinski definition) is 1. The Morgan fingerprint density at radius 1 is 1.23 bits per heavy atom. The average molecular weight is 336 g/mol. The van der Waals surface area contributed by atoms with Gasteiger partial charge in [0.1, 0.15) is 0 Å². The van der Waals surface area contributed by atoms with Crippen molar-refractivity contribution >= 4 is 29.0 Å². The Morgan fingerprint density at radius 2 is 1.91 bits per heavy atom. The molecule has 4 saturated carbocycles. The van der Waals surface area contributed by atoms with Crippen LogP contribution in [0.4, 0.5) is 0 Å². The van der Waals surface area contributed by atoms with Crippen LogP contribution in [0, 0.1) is 23.2 Å². The molecule has 120 valence electrons. The molecule has 0 radical (unpaired) electrons. The summed E-state index contributed by atoms with van der Waals surface area (Å²) in [4.78, 5) is 14.2. The first-order valence-corrected chi connectivity index (χ1v) is 10.7. The summed E-state index contributed by atoms with van der Waals surface area (Å²) in [5.74, 6) is 5.03. The Labute approximate surface area is 141 Å². The van der Waals surface area contributed by atoms with Crippen molar-refractivity contribution in [3.05, 3.63) is 22.4 Å². The predicted molar refractivity (Wildman–Crippen MR) is 94.1 cm³/mol. The molecule has 0 unspecified atom stereocenters. The van der Waals surface area contributed by atoms with E-state index in [0.717, 1.165) is 35.8 Å². The molecule has 1 aromatic rings. The maximum atomic E-state index is 12.8. The minimum absolute atomic E-state index is 0.0210. The van der Waals surface area contributed by atoms with Crippen LogP contribution in [0.1, 0.15) is 43.4 Å². The molecule has 4 aliphatic rings. The number of amides is 1. The fourth-order valence-corrected chi connectivity index (χ4v) is 7.08. The van der Waals surface area contributed by atoms with Gasteiger partial charge in [-0.05, 0) is 67.7 Å². The van der Waals surface area contributed by atoms with Crippen molar-refractivity contribution in [2.75, 3.05) is 12.3 Å². The number of carbonyl (C=O) groups excluding carboxylic acids is 1. The standard InChI is InChI=1S/C18H25NOS2/c20-17(19-3-5-21-12-16-2-1-4-22-16)18-9-13-6-14(10-18)8-15(7-13)11-18/h1-2,4,13-15H,3,5-12H2,(H,19,20). The van der Waals surface area contributed by atoms with Crippen molar-refractivity contribution in [2.45, 2.75) is 44.3 Å². The Balaban J connectivity index is 1.24. The number of rotatable bonds is 6. The number of carbonyl (C=O) groups is 1. The molecule has 0 aliphatic heterocycles. The third-order valence-corrected chi connectivity index (χ3v) is 7.94. The molecule has 4 heteroatoms. The van der Waals surface area contributed by atoms with E-state index in [4.69, 9.17) is 0 Å². The highest BCUT2D eigenvalue weighted by atomic mass is 32.2. The van der Waals surface area contributed by atoms with Crippen LogP contribution >= 0.6 is 23.1 Å². The maximum Gasteiger partial charge on any atom is 0.226 e. The van der Waals surface area contributed by atoms with Gasteiger partial charge in [-0.25, -0.2) is 0 Å². The van der Waals surface area contributed by atoms with Gasteiger partial charge in [0.05, 0.1) is 0 Å². The molecular formula is C18H25NOS2. The zero-order chi connectivity index (χ0) is 15.0. The Kier molecular flexibility index (Phi) is 4.25. The second kappa shape index (κ2) is 6.20. The van der Waals surface area contributed by atoms with E-state index >= 15 is 0 Å². The molecule has 4 aliphatic carbocycles. The minimum Gasteiger partial charge on any atom is -0.355 e. The van der Waals surface area contributed by atoms with E-state index in [9.17, 15) is 4.79 Å². The molecule has 1 amide bonds. The lowest BCUT2D eigenvalue weighted by atomic mass is 9.49. The number of thioether (sulfide) groups is 1. The summed E-state index contributed by atoms with van der Waals surface area (Å²) in [6.45, 7) is 0.830. The molecule has 0 saturated heterocycles. The first kappa shape index (κ1) is 15.1. The highest BCUT2D eigenvalue weighted by molar-refractivity contribution is 7.98. The van der Waals surface area contributed by atoms with Crippen LogP contribution in [-0.4, -0.2) is 18.2 Å². The van der Waals surface area contributed by atoms with Gasteiger partial charge in [0, 0.05) is 28.3 Å². The van der Waals surface area contributed by atoms with Crippen LogP contribution in [-0.2, 0) is 10.5 Å². The highest BCUT2D eigenvalue weighted by Crippen LogP contribution is 2.60. The second-order valence-corrected chi connectivity index (χ2v) is 9.72. The summed E-state index contributed by atoms with van der Waals surface area (Å²) >= 11 is 3.74. The van der Waals surface area contributed by atoms with Crippen molar-refractivity contribution in [3.8, 4) is 0 Å². The number of nitrogens with one attached hydrogen (secondary N) is 1. The summed E-state index contributed by atoms with van der Waals surface area (Å²) in [7, 11) is 0. The molecule has 22 heavy (non-hydrogen) atoms. The summed E-state index contributed by atoms with van der Waals surface area (Å²) in [6.07, 6.45) is 7.74. The van der Waals surface area contributed by atoms with Crippen LogP contribution in [0.15, 0.2) is 17.5 Å². The van der Waals surface area contributed by atoms with E-state index in [-0.39, 0.29) is 5.41 Å². The van der Waals surface area contributed by atoms with Crippen LogP contribution < -0.4 is 5.32 Å². The van der Waals surface area contributed by atoms with Crippen LogP contribution in [0.2, 0.25) is 0 Å². The van der Waals surface area contributed by atoms with Crippen LogP contribution in [0.5, 0.6) is 0 Å². The summed E-state index contributed by atoms with van der Waals surface area (Å²) in [5.41, 5.74) is 0.0210. The van der Waals surface area contributed by atoms with Gasteiger partial charge in [-0.15, -0.1) is 11.3 Å². The predicted octanol–water partition coefficient (Wildman–Crippen LogP) is 4.31. The Bertz CT molecular complexity index is 490. The van der Waals surface area contributed by atoms with Crippen LogP contribution in [0.3, 0.4) is 0 Å². The lowest BCUT2D eigenvalue weighted by Crippen LogP contribution is -2.53. The molecule has 1 aromatic heterocycles. The lowest BCUT2D eigenvalue weighted by molar-refractivity contribution is -0.146. The van der Waals surface area contributed by atoms with Crippen molar-refractivity contribution in [1.29, 1.82) is 0 Å². The minimum atomic E-state index is 0.0210. The first-order valence-electron chi connectivity index (χ1n) is 8.62. The van der Waals surface area contributed by atoms with Gasteiger partial charge in [-0.1, -0.05) is 6.07 Å². The third kappa shape index (κ3) is 2.96. The smallest absolute Gasteiger partial charge is 0.226 e. The number of hydrogen-bond acceptors (Lipinski definition) is 3. The van der Waals surface area contributed by atoms with Gasteiger partial charge < -0.3 is 5.32 Å². The van der Waals surface area contributed by atoms with Gasteiger partial charge in [0.2, 0.25) is 5.91 Å². The quantitative estimate of drug-likeness (QED) is 0.785. The molecule has 4 bridgehead atoms. The SMILES string of the molecule is O=C(NCCSCc1cccs1)C12CC3CC(CC(C3)C1)C2. The second-order valence-electron chi connectivity index (χ2n) is 7.59. The topological polar surface area (TPSA) is 29.1 Å². The molecule has 0 aromatic carbocycles. The molecule has 5 rings (SSSR count). The fourth-order valence-electron chi connectivity index (χ4n) is 5.38. The largest absolute Gasteiger partial charge is 0.355 e. The van der Waals surface area contributed by atoms with Gasteiger partial charge in [0.15, 0.2) is 0 Å². The van der Waals surface area contributed by atoms with Gasteiger partial charge in [-0.3, -0.25) is 4.79 Å². The maximum absolute atomic E-state index is 12.8. The molecule has 0 spiro atoms. The normalized spacial score (nSPS) is 35.7. The molecular weight excluding hydrogens is 310 g/mol. The van der Waals surface area contributed by atoms with Gasteiger partial charge >= 0.3 is 0 Å². The molecule has 1 heterocycles. The summed E-state index contributed by atoms with van der Waals surface area (Å²) in [5, 5.41) is 5.39. The van der Waals surface area contributed by atoms with Crippen LogP contribution in [0.25, 0.3) is 0 Å². The summed E-state index contributed by atoms with van der Waals surface area (Å²) < 4.78 is 0. The van der Waals surface area contributed by atoms with E-state index in [1.165, 1.54) is 43.4 Å². The average Bonchev–Trinajstić information content (AvgIpc) is 2.98. The van der Waals surface area contributed by atoms with Gasteiger partial charge in [-0.2, -0.15) is 11.8 Å². The van der Waals surface area contributed by atoms with Gasteiger partial charge in [0.25, 0.3) is 0 Å².